The summed E-state index contributed by atoms with van der Waals surface area (Å²) in [7, 11) is 0. The van der Waals surface area contributed by atoms with Gasteiger partial charge < -0.3 is 5.32 Å². The average Bonchev–Trinajstić information content (AvgIpc) is 3.15. The maximum absolute atomic E-state index is 12.7. The van der Waals surface area contributed by atoms with Gasteiger partial charge in [-0.1, -0.05) is 11.6 Å². The summed E-state index contributed by atoms with van der Waals surface area (Å²) in [6.45, 7) is -0.366. The summed E-state index contributed by atoms with van der Waals surface area (Å²) in [5.74, 6) is -0.590. The Hall–Kier alpha value is -3.66. The molecule has 0 fully saturated rings. The fourth-order valence-electron chi connectivity index (χ4n) is 2.93. The van der Waals surface area contributed by atoms with E-state index in [-0.39, 0.29) is 17.6 Å². The van der Waals surface area contributed by atoms with Crippen LogP contribution in [0.5, 0.6) is 0 Å². The fourth-order valence-corrected chi connectivity index (χ4v) is 3.06. The second-order valence-corrected chi connectivity index (χ2v) is 7.01. The minimum absolute atomic E-state index is 0.177. The Morgan fingerprint density at radius 3 is 2.39 bits per heavy atom. The summed E-state index contributed by atoms with van der Waals surface area (Å²) in [5.41, 5.74) is -0.159. The van der Waals surface area contributed by atoms with E-state index in [0.717, 1.165) is 28.8 Å². The SMILES string of the molecule is O=C(Cn1cnc2c(cnn2-c2ccc(Cl)cc2)c1=O)Nc1ccc(C(F)(F)F)cc1. The number of hydrogen-bond acceptors (Lipinski definition) is 4. The molecule has 1 N–H and O–H groups in total. The predicted octanol–water partition coefficient (Wildman–Crippen LogP) is 3.89. The van der Waals surface area contributed by atoms with E-state index in [2.05, 4.69) is 15.4 Å². The minimum atomic E-state index is -4.46. The van der Waals surface area contributed by atoms with Gasteiger partial charge in [0.25, 0.3) is 5.56 Å². The van der Waals surface area contributed by atoms with Gasteiger partial charge in [0.1, 0.15) is 18.3 Å². The number of alkyl halides is 3. The van der Waals surface area contributed by atoms with Crippen molar-refractivity contribution in [3.8, 4) is 5.69 Å². The summed E-state index contributed by atoms with van der Waals surface area (Å²) < 4.78 is 40.4. The number of aromatic nitrogens is 4. The van der Waals surface area contributed by atoms with E-state index in [4.69, 9.17) is 11.6 Å². The van der Waals surface area contributed by atoms with Crippen LogP contribution in [0.1, 0.15) is 5.56 Å². The summed E-state index contributed by atoms with van der Waals surface area (Å²) in [4.78, 5) is 29.2. The zero-order valence-corrected chi connectivity index (χ0v) is 16.4. The highest BCUT2D eigenvalue weighted by Crippen LogP contribution is 2.29. The second-order valence-electron chi connectivity index (χ2n) is 6.57. The lowest BCUT2D eigenvalue weighted by atomic mass is 10.2. The molecule has 11 heteroatoms. The first-order valence-corrected chi connectivity index (χ1v) is 9.26. The third-order valence-electron chi connectivity index (χ3n) is 4.44. The maximum atomic E-state index is 12.7. The van der Waals surface area contributed by atoms with Crippen molar-refractivity contribution in [2.45, 2.75) is 12.7 Å². The molecule has 0 aliphatic rings. The van der Waals surface area contributed by atoms with Crippen molar-refractivity contribution in [3.05, 3.63) is 82.0 Å². The van der Waals surface area contributed by atoms with Crippen molar-refractivity contribution in [2.75, 3.05) is 5.32 Å². The van der Waals surface area contributed by atoms with E-state index in [0.29, 0.717) is 16.4 Å². The topological polar surface area (TPSA) is 81.8 Å². The van der Waals surface area contributed by atoms with Crippen molar-refractivity contribution in [1.29, 1.82) is 0 Å². The van der Waals surface area contributed by atoms with Gasteiger partial charge in [0.2, 0.25) is 5.91 Å². The van der Waals surface area contributed by atoms with Gasteiger partial charge in [-0.05, 0) is 48.5 Å². The normalized spacial score (nSPS) is 11.6. The smallest absolute Gasteiger partial charge is 0.325 e. The van der Waals surface area contributed by atoms with Crippen LogP contribution in [0.15, 0.2) is 65.8 Å². The molecule has 0 unspecified atom stereocenters. The molecule has 0 aliphatic carbocycles. The molecular weight excluding hydrogens is 435 g/mol. The molecule has 2 aromatic heterocycles. The van der Waals surface area contributed by atoms with E-state index in [9.17, 15) is 22.8 Å². The third-order valence-corrected chi connectivity index (χ3v) is 4.69. The van der Waals surface area contributed by atoms with Crippen LogP contribution in [0.2, 0.25) is 5.02 Å². The highest BCUT2D eigenvalue weighted by molar-refractivity contribution is 6.30. The van der Waals surface area contributed by atoms with Gasteiger partial charge in [0.15, 0.2) is 5.65 Å². The number of halogens is 4. The standard InChI is InChI=1S/C20H13ClF3N5O2/c21-13-3-7-15(8-4-13)29-18-16(9-26-29)19(31)28(11-25-18)10-17(30)27-14-5-1-12(2-6-14)20(22,23)24/h1-9,11H,10H2,(H,27,30). The van der Waals surface area contributed by atoms with Crippen molar-refractivity contribution in [2.24, 2.45) is 0 Å². The zero-order chi connectivity index (χ0) is 22.2. The van der Waals surface area contributed by atoms with Crippen LogP contribution in [-0.2, 0) is 17.5 Å². The van der Waals surface area contributed by atoms with Gasteiger partial charge in [-0.25, -0.2) is 9.67 Å². The lowest BCUT2D eigenvalue weighted by molar-refractivity contribution is -0.137. The predicted molar refractivity (Wildman–Crippen MR) is 108 cm³/mol. The first-order chi connectivity index (χ1) is 14.7. The molecule has 0 spiro atoms. The van der Waals surface area contributed by atoms with Crippen LogP contribution in [0.3, 0.4) is 0 Å². The Morgan fingerprint density at radius 1 is 1.06 bits per heavy atom. The van der Waals surface area contributed by atoms with E-state index in [1.165, 1.54) is 17.2 Å². The molecule has 0 saturated carbocycles. The highest BCUT2D eigenvalue weighted by atomic mass is 35.5. The van der Waals surface area contributed by atoms with Crippen LogP contribution >= 0.6 is 11.6 Å². The van der Waals surface area contributed by atoms with Crippen LogP contribution in [0, 0.1) is 0 Å². The molecular formula is C20H13ClF3N5O2. The number of hydrogen-bond donors (Lipinski definition) is 1. The molecule has 2 aromatic carbocycles. The number of nitrogens with one attached hydrogen (secondary N) is 1. The first-order valence-electron chi connectivity index (χ1n) is 8.88. The number of carbonyl (C=O) groups is 1. The zero-order valence-electron chi connectivity index (χ0n) is 15.6. The van der Waals surface area contributed by atoms with Crippen LogP contribution in [0.4, 0.5) is 18.9 Å². The number of benzene rings is 2. The Labute approximate surface area is 177 Å². The van der Waals surface area contributed by atoms with Gasteiger partial charge in [-0.15, -0.1) is 0 Å². The molecule has 1 amide bonds. The largest absolute Gasteiger partial charge is 0.416 e. The summed E-state index contributed by atoms with van der Waals surface area (Å²) in [6, 6.07) is 10.8. The van der Waals surface area contributed by atoms with Crippen molar-refractivity contribution < 1.29 is 18.0 Å². The molecule has 158 valence electrons. The second kappa shape index (κ2) is 7.88. The van der Waals surface area contributed by atoms with Crippen molar-refractivity contribution in [3.63, 3.8) is 0 Å². The number of amides is 1. The van der Waals surface area contributed by atoms with E-state index in [1.54, 1.807) is 24.3 Å². The number of anilines is 1. The quantitative estimate of drug-likeness (QED) is 0.514. The van der Waals surface area contributed by atoms with Crippen molar-refractivity contribution in [1.82, 2.24) is 19.3 Å². The summed E-state index contributed by atoms with van der Waals surface area (Å²) in [6.07, 6.45) is -1.90. The molecule has 31 heavy (non-hydrogen) atoms. The molecule has 0 aliphatic heterocycles. The number of fused-ring (bicyclic) bond motifs is 1. The Morgan fingerprint density at radius 2 is 1.74 bits per heavy atom. The lowest BCUT2D eigenvalue weighted by Crippen LogP contribution is -2.27. The van der Waals surface area contributed by atoms with Gasteiger partial charge in [0.05, 0.1) is 17.4 Å². The van der Waals surface area contributed by atoms with E-state index >= 15 is 0 Å². The molecule has 0 bridgehead atoms. The lowest BCUT2D eigenvalue weighted by Gasteiger charge is -2.10. The monoisotopic (exact) mass is 447 g/mol. The van der Waals surface area contributed by atoms with Crippen LogP contribution < -0.4 is 10.9 Å². The van der Waals surface area contributed by atoms with E-state index < -0.39 is 23.2 Å². The molecule has 0 saturated heterocycles. The molecule has 7 nitrogen and oxygen atoms in total. The first kappa shape index (κ1) is 20.6. The fraction of sp³-hybridized carbons (Fsp3) is 0.100. The minimum Gasteiger partial charge on any atom is -0.325 e. The van der Waals surface area contributed by atoms with Gasteiger partial charge >= 0.3 is 6.18 Å². The molecule has 0 radical (unpaired) electrons. The van der Waals surface area contributed by atoms with Crippen LogP contribution in [-0.4, -0.2) is 25.2 Å². The van der Waals surface area contributed by atoms with Crippen molar-refractivity contribution >= 4 is 34.2 Å². The third kappa shape index (κ3) is 4.29. The number of rotatable bonds is 4. The van der Waals surface area contributed by atoms with Gasteiger partial charge in [0, 0.05) is 10.7 Å². The van der Waals surface area contributed by atoms with E-state index in [1.807, 2.05) is 0 Å². The average molecular weight is 448 g/mol. The van der Waals surface area contributed by atoms with Gasteiger partial charge in [-0.3, -0.25) is 14.2 Å². The van der Waals surface area contributed by atoms with Crippen LogP contribution in [0.25, 0.3) is 16.7 Å². The Bertz CT molecular complexity index is 1310. The Kier molecular flexibility index (Phi) is 5.24. The summed E-state index contributed by atoms with van der Waals surface area (Å²) in [5, 5.41) is 7.39. The molecule has 0 atom stereocenters. The number of nitrogens with zero attached hydrogens (tertiary/aromatic N) is 4. The molecule has 2 heterocycles. The number of carbonyl (C=O) groups excluding carboxylic acids is 1. The molecule has 4 rings (SSSR count). The maximum Gasteiger partial charge on any atom is 0.416 e. The van der Waals surface area contributed by atoms with Gasteiger partial charge in [-0.2, -0.15) is 18.3 Å². The molecule has 4 aromatic rings. The summed E-state index contributed by atoms with van der Waals surface area (Å²) >= 11 is 5.88. The Balaban J connectivity index is 1.53. The highest BCUT2D eigenvalue weighted by Gasteiger charge is 2.30.